The summed E-state index contributed by atoms with van der Waals surface area (Å²) in [5.74, 6) is -0.439. The molecule has 2 rings (SSSR count). The van der Waals surface area contributed by atoms with Crippen LogP contribution in [0.4, 0.5) is 13.2 Å². The number of rotatable bonds is 3. The van der Waals surface area contributed by atoms with E-state index in [4.69, 9.17) is 4.74 Å². The van der Waals surface area contributed by atoms with Gasteiger partial charge in [-0.2, -0.15) is 13.2 Å². The summed E-state index contributed by atoms with van der Waals surface area (Å²) in [5, 5.41) is 0. The van der Waals surface area contributed by atoms with Gasteiger partial charge >= 0.3 is 12.1 Å². The predicted molar refractivity (Wildman–Crippen MR) is 82.2 cm³/mol. The van der Waals surface area contributed by atoms with E-state index in [1.807, 2.05) is 0 Å². The number of hydrogen-bond donors (Lipinski definition) is 0. The second-order valence-electron chi connectivity index (χ2n) is 5.56. The van der Waals surface area contributed by atoms with Crippen molar-refractivity contribution < 1.29 is 22.7 Å². The topological polar surface area (TPSA) is 26.3 Å². The summed E-state index contributed by atoms with van der Waals surface area (Å²) < 4.78 is 43.0. The molecule has 0 aromatic heterocycles. The number of halogens is 3. The number of hydrogen-bond acceptors (Lipinski definition) is 2. The lowest BCUT2D eigenvalue weighted by molar-refractivity contribution is -0.137. The van der Waals surface area contributed by atoms with Crippen molar-refractivity contribution in [2.75, 3.05) is 0 Å². The Morgan fingerprint density at radius 1 is 1.00 bits per heavy atom. The largest absolute Gasteiger partial charge is 0.459 e. The Kier molecular flexibility index (Phi) is 4.78. The Bertz CT molecular complexity index is 701. The molecule has 122 valence electrons. The number of aryl methyl sites for hydroxylation is 1. The van der Waals surface area contributed by atoms with E-state index >= 15 is 0 Å². The molecule has 0 saturated carbocycles. The summed E-state index contributed by atoms with van der Waals surface area (Å²) >= 11 is 0. The Hall–Kier alpha value is -2.30. The van der Waals surface area contributed by atoms with E-state index in [-0.39, 0.29) is 6.10 Å². The van der Waals surface area contributed by atoms with Crippen LogP contribution in [-0.4, -0.2) is 12.1 Å². The quantitative estimate of drug-likeness (QED) is 0.722. The van der Waals surface area contributed by atoms with E-state index < -0.39 is 17.7 Å². The maximum Gasteiger partial charge on any atom is 0.416 e. The van der Waals surface area contributed by atoms with Crippen molar-refractivity contribution in [1.82, 2.24) is 0 Å². The van der Waals surface area contributed by atoms with Crippen LogP contribution in [0.2, 0.25) is 0 Å². The van der Waals surface area contributed by atoms with Gasteiger partial charge < -0.3 is 4.74 Å². The number of carbonyl (C=O) groups is 1. The molecule has 0 unspecified atom stereocenters. The minimum absolute atomic E-state index is 0.239. The highest BCUT2D eigenvalue weighted by atomic mass is 19.4. The van der Waals surface area contributed by atoms with Gasteiger partial charge in [0, 0.05) is 0 Å². The standard InChI is InChI=1S/C18H17F3O2/c1-11(2)23-17(22)16-10-14(5-4-12(16)3)13-6-8-15(9-7-13)18(19,20)21/h4-11H,1-3H3. The minimum Gasteiger partial charge on any atom is -0.459 e. The summed E-state index contributed by atoms with van der Waals surface area (Å²) in [6, 6.07) is 10.0. The van der Waals surface area contributed by atoms with Crippen LogP contribution in [0, 0.1) is 6.92 Å². The molecule has 2 aromatic carbocycles. The van der Waals surface area contributed by atoms with E-state index in [2.05, 4.69) is 0 Å². The van der Waals surface area contributed by atoms with Gasteiger partial charge in [-0.1, -0.05) is 24.3 Å². The van der Waals surface area contributed by atoms with E-state index in [1.165, 1.54) is 12.1 Å². The normalized spacial score (nSPS) is 11.6. The third-order valence-corrected chi connectivity index (χ3v) is 3.35. The van der Waals surface area contributed by atoms with Crippen LogP contribution in [-0.2, 0) is 10.9 Å². The van der Waals surface area contributed by atoms with Crippen LogP contribution in [0.25, 0.3) is 11.1 Å². The lowest BCUT2D eigenvalue weighted by Gasteiger charge is -2.12. The first-order valence-electron chi connectivity index (χ1n) is 7.17. The third kappa shape index (κ3) is 4.12. The summed E-state index contributed by atoms with van der Waals surface area (Å²) in [7, 11) is 0. The van der Waals surface area contributed by atoms with Crippen molar-refractivity contribution in [2.45, 2.75) is 33.1 Å². The smallest absolute Gasteiger partial charge is 0.416 e. The van der Waals surface area contributed by atoms with Gasteiger partial charge in [0.1, 0.15) is 0 Å². The molecule has 0 saturated heterocycles. The molecule has 0 N–H and O–H groups in total. The molecular weight excluding hydrogens is 305 g/mol. The van der Waals surface area contributed by atoms with Crippen molar-refractivity contribution in [2.24, 2.45) is 0 Å². The van der Waals surface area contributed by atoms with Crippen LogP contribution in [0.15, 0.2) is 42.5 Å². The van der Waals surface area contributed by atoms with Gasteiger partial charge in [0.05, 0.1) is 17.2 Å². The molecule has 0 spiro atoms. The van der Waals surface area contributed by atoms with Gasteiger partial charge in [-0.15, -0.1) is 0 Å². The zero-order valence-electron chi connectivity index (χ0n) is 13.1. The molecule has 2 aromatic rings. The van der Waals surface area contributed by atoms with Gasteiger partial charge in [-0.3, -0.25) is 0 Å². The number of ether oxygens (including phenoxy) is 1. The van der Waals surface area contributed by atoms with Crippen LogP contribution in [0.3, 0.4) is 0 Å². The summed E-state index contributed by atoms with van der Waals surface area (Å²) in [4.78, 5) is 12.1. The average molecular weight is 322 g/mol. The van der Waals surface area contributed by atoms with Gasteiger partial charge in [-0.25, -0.2) is 4.79 Å². The number of benzene rings is 2. The van der Waals surface area contributed by atoms with E-state index in [9.17, 15) is 18.0 Å². The zero-order chi connectivity index (χ0) is 17.2. The molecule has 0 heterocycles. The SMILES string of the molecule is Cc1ccc(-c2ccc(C(F)(F)F)cc2)cc1C(=O)OC(C)C. The molecule has 5 heteroatoms. The average Bonchev–Trinajstić information content (AvgIpc) is 2.46. The maximum absolute atomic E-state index is 12.6. The van der Waals surface area contributed by atoms with Crippen molar-refractivity contribution >= 4 is 5.97 Å². The van der Waals surface area contributed by atoms with Crippen molar-refractivity contribution in [3.8, 4) is 11.1 Å². The third-order valence-electron chi connectivity index (χ3n) is 3.35. The molecule has 0 bridgehead atoms. The van der Waals surface area contributed by atoms with Crippen molar-refractivity contribution in [3.63, 3.8) is 0 Å². The summed E-state index contributed by atoms with van der Waals surface area (Å²) in [6.45, 7) is 5.30. The lowest BCUT2D eigenvalue weighted by Crippen LogP contribution is -2.12. The Morgan fingerprint density at radius 3 is 2.09 bits per heavy atom. The molecule has 0 amide bonds. The number of esters is 1. The minimum atomic E-state index is -4.36. The molecule has 0 radical (unpaired) electrons. The second kappa shape index (κ2) is 6.44. The number of alkyl halides is 3. The fourth-order valence-electron chi connectivity index (χ4n) is 2.15. The van der Waals surface area contributed by atoms with E-state index in [0.717, 1.165) is 17.7 Å². The molecule has 0 fully saturated rings. The fraction of sp³-hybridized carbons (Fsp3) is 0.278. The first-order chi connectivity index (χ1) is 10.7. The fourth-order valence-corrected chi connectivity index (χ4v) is 2.15. The Balaban J connectivity index is 2.35. The number of carbonyl (C=O) groups excluding carboxylic acids is 1. The lowest BCUT2D eigenvalue weighted by atomic mass is 9.99. The van der Waals surface area contributed by atoms with Crippen LogP contribution < -0.4 is 0 Å². The highest BCUT2D eigenvalue weighted by Gasteiger charge is 2.30. The van der Waals surface area contributed by atoms with Gasteiger partial charge in [0.15, 0.2) is 0 Å². The molecule has 2 nitrogen and oxygen atoms in total. The van der Waals surface area contributed by atoms with E-state index in [1.54, 1.807) is 39.0 Å². The molecule has 0 aliphatic heterocycles. The molecule has 0 aliphatic carbocycles. The maximum atomic E-state index is 12.6. The highest BCUT2D eigenvalue weighted by molar-refractivity contribution is 5.92. The van der Waals surface area contributed by atoms with Crippen molar-refractivity contribution in [1.29, 1.82) is 0 Å². The van der Waals surface area contributed by atoms with Gasteiger partial charge in [0.2, 0.25) is 0 Å². The molecular formula is C18H17F3O2. The predicted octanol–water partition coefficient (Wildman–Crippen LogP) is 5.25. The second-order valence-corrected chi connectivity index (χ2v) is 5.56. The van der Waals surface area contributed by atoms with Crippen LogP contribution in [0.1, 0.15) is 35.3 Å². The highest BCUT2D eigenvalue weighted by Crippen LogP contribution is 2.31. The van der Waals surface area contributed by atoms with E-state index in [0.29, 0.717) is 16.7 Å². The van der Waals surface area contributed by atoms with Crippen LogP contribution >= 0.6 is 0 Å². The van der Waals surface area contributed by atoms with Crippen molar-refractivity contribution in [3.05, 3.63) is 59.2 Å². The summed E-state index contributed by atoms with van der Waals surface area (Å²) in [6.07, 6.45) is -4.60. The summed E-state index contributed by atoms with van der Waals surface area (Å²) in [5.41, 5.74) is 1.74. The molecule has 0 aliphatic rings. The first kappa shape index (κ1) is 17.1. The Morgan fingerprint density at radius 2 is 1.57 bits per heavy atom. The molecule has 0 atom stereocenters. The van der Waals surface area contributed by atoms with Gasteiger partial charge in [-0.05, 0) is 55.7 Å². The first-order valence-corrected chi connectivity index (χ1v) is 7.17. The monoisotopic (exact) mass is 322 g/mol. The molecule has 23 heavy (non-hydrogen) atoms. The zero-order valence-corrected chi connectivity index (χ0v) is 13.1. The van der Waals surface area contributed by atoms with Gasteiger partial charge in [0.25, 0.3) is 0 Å². The Labute approximate surface area is 132 Å². The van der Waals surface area contributed by atoms with Crippen LogP contribution in [0.5, 0.6) is 0 Å².